The number of piperidine rings is 1. The second kappa shape index (κ2) is 9.85. The maximum Gasteiger partial charge on any atom is 0.255 e. The van der Waals surface area contributed by atoms with Crippen molar-refractivity contribution in [2.24, 2.45) is 0 Å². The average Bonchev–Trinajstić information content (AvgIpc) is 2.85. The lowest BCUT2D eigenvalue weighted by molar-refractivity contribution is 0.0712. The van der Waals surface area contributed by atoms with E-state index in [1.807, 2.05) is 42.2 Å². The first-order chi connectivity index (χ1) is 15.9. The Kier molecular flexibility index (Phi) is 6.71. The predicted molar refractivity (Wildman–Crippen MR) is 127 cm³/mol. The highest BCUT2D eigenvalue weighted by atomic mass is 35.5. The zero-order valence-electron chi connectivity index (χ0n) is 18.2. The third kappa shape index (κ3) is 5.21. The minimum Gasteiger partial charge on any atom is -0.339 e. The molecule has 1 aromatic heterocycles. The largest absolute Gasteiger partial charge is 0.339 e. The summed E-state index contributed by atoms with van der Waals surface area (Å²) in [4.78, 5) is 31.5. The molecule has 2 amide bonds. The van der Waals surface area contributed by atoms with Crippen LogP contribution in [0, 0.1) is 18.3 Å². The summed E-state index contributed by atoms with van der Waals surface area (Å²) in [6.45, 7) is 3.20. The summed E-state index contributed by atoms with van der Waals surface area (Å²) in [7, 11) is 0. The lowest BCUT2D eigenvalue weighted by atomic mass is 9.89. The van der Waals surface area contributed by atoms with Crippen molar-refractivity contribution < 1.29 is 9.59 Å². The summed E-state index contributed by atoms with van der Waals surface area (Å²) < 4.78 is 0. The van der Waals surface area contributed by atoms with E-state index in [0.29, 0.717) is 41.4 Å². The number of hydrogen-bond acceptors (Lipinski definition) is 4. The molecule has 166 valence electrons. The molecule has 1 fully saturated rings. The molecular weight excluding hydrogens is 436 g/mol. The van der Waals surface area contributed by atoms with Crippen LogP contribution in [0.15, 0.2) is 60.8 Å². The molecule has 4 rings (SSSR count). The summed E-state index contributed by atoms with van der Waals surface area (Å²) in [5.41, 5.74) is 4.25. The molecule has 2 heterocycles. The Morgan fingerprint density at radius 2 is 1.79 bits per heavy atom. The lowest BCUT2D eigenvalue weighted by Crippen LogP contribution is -2.38. The van der Waals surface area contributed by atoms with Gasteiger partial charge in [-0.3, -0.25) is 9.59 Å². The number of nitrogens with one attached hydrogen (secondary N) is 1. The van der Waals surface area contributed by atoms with E-state index in [4.69, 9.17) is 16.9 Å². The minimum absolute atomic E-state index is 0.0456. The fraction of sp³-hybridized carbons (Fsp3) is 0.231. The number of carbonyl (C=O) groups is 2. The normalized spacial score (nSPS) is 13.9. The summed E-state index contributed by atoms with van der Waals surface area (Å²) in [5, 5.41) is 12.1. The fourth-order valence-electron chi connectivity index (χ4n) is 4.06. The Labute approximate surface area is 197 Å². The van der Waals surface area contributed by atoms with Gasteiger partial charge in [-0.2, -0.15) is 5.26 Å². The monoisotopic (exact) mass is 458 g/mol. The van der Waals surface area contributed by atoms with Crippen LogP contribution in [-0.4, -0.2) is 34.8 Å². The van der Waals surface area contributed by atoms with E-state index in [0.717, 1.165) is 18.4 Å². The molecule has 6 nitrogen and oxygen atoms in total. The lowest BCUT2D eigenvalue weighted by Gasteiger charge is -2.32. The van der Waals surface area contributed by atoms with Gasteiger partial charge >= 0.3 is 0 Å². The summed E-state index contributed by atoms with van der Waals surface area (Å²) in [5.74, 6) is 0.0211. The van der Waals surface area contributed by atoms with Gasteiger partial charge in [-0.15, -0.1) is 0 Å². The van der Waals surface area contributed by atoms with E-state index in [1.54, 1.807) is 18.2 Å². The topological polar surface area (TPSA) is 86.1 Å². The van der Waals surface area contributed by atoms with Crippen LogP contribution in [0.25, 0.3) is 0 Å². The Morgan fingerprint density at radius 1 is 1.06 bits per heavy atom. The molecule has 7 heteroatoms. The second-order valence-corrected chi connectivity index (χ2v) is 8.54. The first-order valence-corrected chi connectivity index (χ1v) is 11.2. The average molecular weight is 459 g/mol. The number of carbonyl (C=O) groups excluding carboxylic acids is 2. The van der Waals surface area contributed by atoms with Crippen molar-refractivity contribution in [3.63, 3.8) is 0 Å². The van der Waals surface area contributed by atoms with Crippen LogP contribution in [0.2, 0.25) is 5.15 Å². The van der Waals surface area contributed by atoms with E-state index < -0.39 is 0 Å². The fourth-order valence-corrected chi connectivity index (χ4v) is 4.23. The van der Waals surface area contributed by atoms with Crippen molar-refractivity contribution in [1.29, 1.82) is 5.26 Å². The number of benzene rings is 2. The smallest absolute Gasteiger partial charge is 0.255 e. The number of nitriles is 1. The Morgan fingerprint density at radius 3 is 2.45 bits per heavy atom. The maximum absolute atomic E-state index is 13.1. The quantitative estimate of drug-likeness (QED) is 0.545. The van der Waals surface area contributed by atoms with Crippen LogP contribution in [0.5, 0.6) is 0 Å². The standard InChI is InChI=1S/C26H23ClN4O2/c1-17-2-5-22(14-23(17)30-25(32)21-8-11-29-24(27)15-21)26(33)31-12-9-20(10-13-31)19-6-3-18(16-28)4-7-19/h2-8,11,14-15,20H,9-10,12-13H2,1H3,(H,30,32). The zero-order chi connectivity index (χ0) is 23.4. The molecule has 2 aromatic carbocycles. The Hall–Kier alpha value is -3.69. The first-order valence-electron chi connectivity index (χ1n) is 10.8. The van der Waals surface area contributed by atoms with Crippen molar-refractivity contribution in [3.05, 3.63) is 93.8 Å². The number of pyridine rings is 1. The highest BCUT2D eigenvalue weighted by Crippen LogP contribution is 2.29. The number of anilines is 1. The minimum atomic E-state index is -0.310. The van der Waals surface area contributed by atoms with E-state index >= 15 is 0 Å². The van der Waals surface area contributed by atoms with Gasteiger partial charge in [0, 0.05) is 36.1 Å². The summed E-state index contributed by atoms with van der Waals surface area (Å²) in [6.07, 6.45) is 3.22. The van der Waals surface area contributed by atoms with Crippen LogP contribution in [0.3, 0.4) is 0 Å². The maximum atomic E-state index is 13.1. The number of halogens is 1. The van der Waals surface area contributed by atoms with Gasteiger partial charge in [0.05, 0.1) is 11.6 Å². The third-order valence-electron chi connectivity index (χ3n) is 6.01. The zero-order valence-corrected chi connectivity index (χ0v) is 19.0. The van der Waals surface area contributed by atoms with Crippen molar-refractivity contribution in [2.45, 2.75) is 25.7 Å². The van der Waals surface area contributed by atoms with Gasteiger partial charge in [-0.25, -0.2) is 4.98 Å². The van der Waals surface area contributed by atoms with E-state index in [2.05, 4.69) is 16.4 Å². The number of hydrogen-bond donors (Lipinski definition) is 1. The summed E-state index contributed by atoms with van der Waals surface area (Å²) >= 11 is 5.88. The predicted octanol–water partition coefficient (Wildman–Crippen LogP) is 5.19. The van der Waals surface area contributed by atoms with Gasteiger partial charge in [0.1, 0.15) is 5.15 Å². The van der Waals surface area contributed by atoms with Crippen LogP contribution in [0.1, 0.15) is 56.2 Å². The highest BCUT2D eigenvalue weighted by molar-refractivity contribution is 6.29. The van der Waals surface area contributed by atoms with Crippen LogP contribution < -0.4 is 5.32 Å². The van der Waals surface area contributed by atoms with Crippen LogP contribution >= 0.6 is 11.6 Å². The molecule has 1 aliphatic rings. The molecule has 1 N–H and O–H groups in total. The Bertz CT molecular complexity index is 1230. The molecule has 1 aliphatic heterocycles. The molecule has 0 saturated carbocycles. The van der Waals surface area contributed by atoms with Crippen molar-refractivity contribution in [1.82, 2.24) is 9.88 Å². The number of amides is 2. The first kappa shape index (κ1) is 22.5. The molecule has 0 radical (unpaired) electrons. The molecule has 0 atom stereocenters. The second-order valence-electron chi connectivity index (χ2n) is 8.15. The van der Waals surface area contributed by atoms with Crippen LogP contribution in [-0.2, 0) is 0 Å². The van der Waals surface area contributed by atoms with Gasteiger partial charge in [0.15, 0.2) is 0 Å². The van der Waals surface area contributed by atoms with Crippen molar-refractivity contribution in [2.75, 3.05) is 18.4 Å². The SMILES string of the molecule is Cc1ccc(C(=O)N2CCC(c3ccc(C#N)cc3)CC2)cc1NC(=O)c1ccnc(Cl)c1. The van der Waals surface area contributed by atoms with Gasteiger partial charge in [0.2, 0.25) is 0 Å². The van der Waals surface area contributed by atoms with Gasteiger partial charge in [0.25, 0.3) is 11.8 Å². The molecule has 0 bridgehead atoms. The van der Waals surface area contributed by atoms with E-state index in [-0.39, 0.29) is 17.0 Å². The molecule has 3 aromatic rings. The van der Waals surface area contributed by atoms with Gasteiger partial charge in [-0.1, -0.05) is 29.8 Å². The van der Waals surface area contributed by atoms with Gasteiger partial charge < -0.3 is 10.2 Å². The van der Waals surface area contributed by atoms with Crippen LogP contribution in [0.4, 0.5) is 5.69 Å². The van der Waals surface area contributed by atoms with Crippen molar-refractivity contribution in [3.8, 4) is 6.07 Å². The molecule has 0 aliphatic carbocycles. The molecular formula is C26H23ClN4O2. The highest BCUT2D eigenvalue weighted by Gasteiger charge is 2.25. The van der Waals surface area contributed by atoms with E-state index in [9.17, 15) is 9.59 Å². The number of aromatic nitrogens is 1. The Balaban J connectivity index is 1.42. The number of rotatable bonds is 4. The van der Waals surface area contributed by atoms with Gasteiger partial charge in [-0.05, 0) is 73.2 Å². The molecule has 1 saturated heterocycles. The van der Waals surface area contributed by atoms with Crippen molar-refractivity contribution >= 4 is 29.1 Å². The summed E-state index contributed by atoms with van der Waals surface area (Å²) in [6, 6.07) is 18.3. The van der Waals surface area contributed by atoms with E-state index in [1.165, 1.54) is 17.8 Å². The third-order valence-corrected chi connectivity index (χ3v) is 6.22. The molecule has 0 unspecified atom stereocenters. The molecule has 0 spiro atoms. The molecule has 33 heavy (non-hydrogen) atoms. The number of nitrogens with zero attached hydrogens (tertiary/aromatic N) is 3. The number of aryl methyl sites for hydroxylation is 1. The number of likely N-dealkylation sites (tertiary alicyclic amines) is 1.